The van der Waals surface area contributed by atoms with E-state index < -0.39 is 12.3 Å². The van der Waals surface area contributed by atoms with Gasteiger partial charge in [-0.15, -0.1) is 0 Å². The van der Waals surface area contributed by atoms with Crippen LogP contribution in [-0.2, 0) is 0 Å². The van der Waals surface area contributed by atoms with Gasteiger partial charge in [0.1, 0.15) is 0 Å². The molecule has 1 aliphatic carbocycles. The Morgan fingerprint density at radius 1 is 1.09 bits per heavy atom. The average Bonchev–Trinajstić information content (AvgIpc) is 2.13. The topological polar surface area (TPSA) is 26.0 Å². The van der Waals surface area contributed by atoms with Gasteiger partial charge in [0.15, 0.2) is 0 Å². The van der Waals surface area contributed by atoms with Gasteiger partial charge in [-0.2, -0.15) is 0 Å². The molecule has 1 rings (SSSR count). The maximum Gasteiger partial charge on any atom is 0.242 e. The molecule has 0 spiro atoms. The highest BCUT2D eigenvalue weighted by atomic mass is 19.3. The molecule has 1 fully saturated rings. The van der Waals surface area contributed by atoms with E-state index in [1.54, 1.807) is 0 Å². The van der Waals surface area contributed by atoms with Crippen LogP contribution in [0.15, 0.2) is 0 Å². The molecule has 0 unspecified atom stereocenters. The summed E-state index contributed by atoms with van der Waals surface area (Å²) < 4.78 is 24.5. The highest BCUT2D eigenvalue weighted by Gasteiger charge is 2.27. The molecule has 0 radical (unpaired) electrons. The van der Waals surface area contributed by atoms with Gasteiger partial charge in [-0.05, 0) is 12.8 Å². The van der Waals surface area contributed by atoms with Crippen LogP contribution in [0.25, 0.3) is 0 Å². The van der Waals surface area contributed by atoms with Crippen LogP contribution >= 0.6 is 0 Å². The van der Waals surface area contributed by atoms with E-state index in [1.165, 1.54) is 0 Å². The van der Waals surface area contributed by atoms with E-state index in [-0.39, 0.29) is 6.04 Å². The third-order valence-electron chi connectivity index (χ3n) is 2.45. The minimum absolute atomic E-state index is 0.266. The molecular formula is C8H15F2N. The summed E-state index contributed by atoms with van der Waals surface area (Å²) in [6.07, 6.45) is 2.17. The fourth-order valence-electron chi connectivity index (χ4n) is 1.68. The summed E-state index contributed by atoms with van der Waals surface area (Å²) >= 11 is 0. The van der Waals surface area contributed by atoms with Gasteiger partial charge in [0, 0.05) is 12.0 Å². The second-order valence-corrected chi connectivity index (χ2v) is 3.30. The predicted octanol–water partition coefficient (Wildman–Crippen LogP) is 2.16. The lowest BCUT2D eigenvalue weighted by molar-refractivity contribution is 0.0591. The normalized spacial score (nSPS) is 33.8. The van der Waals surface area contributed by atoms with E-state index in [0.717, 1.165) is 25.7 Å². The van der Waals surface area contributed by atoms with Crippen LogP contribution in [0.1, 0.15) is 32.1 Å². The van der Waals surface area contributed by atoms with Gasteiger partial charge < -0.3 is 5.73 Å². The molecule has 3 heteroatoms. The molecule has 11 heavy (non-hydrogen) atoms. The first-order valence-corrected chi connectivity index (χ1v) is 4.25. The first-order valence-electron chi connectivity index (χ1n) is 4.25. The fraction of sp³-hybridized carbons (Fsp3) is 1.00. The zero-order valence-corrected chi connectivity index (χ0v) is 6.60. The van der Waals surface area contributed by atoms with E-state index in [1.807, 2.05) is 0 Å². The van der Waals surface area contributed by atoms with Crippen LogP contribution in [-0.4, -0.2) is 12.5 Å². The predicted molar refractivity (Wildman–Crippen MR) is 40.6 cm³/mol. The number of alkyl halides is 2. The summed E-state index contributed by atoms with van der Waals surface area (Å²) in [6.45, 7) is 0. The quantitative estimate of drug-likeness (QED) is 0.589. The lowest BCUT2D eigenvalue weighted by Gasteiger charge is -2.19. The monoisotopic (exact) mass is 163 g/mol. The van der Waals surface area contributed by atoms with Crippen molar-refractivity contribution in [1.29, 1.82) is 0 Å². The van der Waals surface area contributed by atoms with Crippen LogP contribution in [0.4, 0.5) is 8.78 Å². The first kappa shape index (κ1) is 8.91. The zero-order valence-electron chi connectivity index (χ0n) is 6.60. The highest BCUT2D eigenvalue weighted by molar-refractivity contribution is 4.77. The molecule has 0 saturated heterocycles. The van der Waals surface area contributed by atoms with E-state index in [2.05, 4.69) is 0 Å². The summed E-state index contributed by atoms with van der Waals surface area (Å²) in [5.41, 5.74) is 5.60. The third-order valence-corrected chi connectivity index (χ3v) is 2.45. The molecule has 66 valence electrons. The lowest BCUT2D eigenvalue weighted by Crippen LogP contribution is -2.33. The minimum atomic E-state index is -2.22. The van der Waals surface area contributed by atoms with E-state index >= 15 is 0 Å². The van der Waals surface area contributed by atoms with Crippen LogP contribution in [0, 0.1) is 5.92 Å². The number of nitrogens with two attached hydrogens (primary N) is 1. The van der Waals surface area contributed by atoms with Crippen molar-refractivity contribution >= 4 is 0 Å². The SMILES string of the molecule is N[C@H]1CCCCC[C@@H]1C(F)F. The minimum Gasteiger partial charge on any atom is -0.327 e. The fourth-order valence-corrected chi connectivity index (χ4v) is 1.68. The molecule has 1 aliphatic rings. The van der Waals surface area contributed by atoms with Gasteiger partial charge in [0.05, 0.1) is 0 Å². The van der Waals surface area contributed by atoms with Crippen LogP contribution in [0.3, 0.4) is 0 Å². The number of hydrogen-bond acceptors (Lipinski definition) is 1. The molecule has 0 aromatic heterocycles. The highest BCUT2D eigenvalue weighted by Crippen LogP contribution is 2.26. The van der Waals surface area contributed by atoms with Gasteiger partial charge in [-0.3, -0.25) is 0 Å². The van der Waals surface area contributed by atoms with Gasteiger partial charge >= 0.3 is 0 Å². The first-order chi connectivity index (χ1) is 5.22. The molecular weight excluding hydrogens is 148 g/mol. The second-order valence-electron chi connectivity index (χ2n) is 3.30. The van der Waals surface area contributed by atoms with Crippen LogP contribution < -0.4 is 5.73 Å². The van der Waals surface area contributed by atoms with Gasteiger partial charge in [-0.25, -0.2) is 8.78 Å². The number of hydrogen-bond donors (Lipinski definition) is 1. The molecule has 2 N–H and O–H groups in total. The smallest absolute Gasteiger partial charge is 0.242 e. The van der Waals surface area contributed by atoms with E-state index in [0.29, 0.717) is 6.42 Å². The largest absolute Gasteiger partial charge is 0.327 e. The molecule has 0 aliphatic heterocycles. The van der Waals surface area contributed by atoms with Crippen LogP contribution in [0.5, 0.6) is 0 Å². The summed E-state index contributed by atoms with van der Waals surface area (Å²) in [4.78, 5) is 0. The van der Waals surface area contributed by atoms with Crippen molar-refractivity contribution in [2.45, 2.75) is 44.6 Å². The van der Waals surface area contributed by atoms with Crippen molar-refractivity contribution in [2.24, 2.45) is 11.7 Å². The van der Waals surface area contributed by atoms with Crippen LogP contribution in [0.2, 0.25) is 0 Å². The molecule has 0 aromatic carbocycles. The molecule has 0 aromatic rings. The molecule has 2 atom stereocenters. The molecule has 0 amide bonds. The lowest BCUT2D eigenvalue weighted by atomic mass is 9.96. The Bertz CT molecular complexity index is 117. The third kappa shape index (κ3) is 2.40. The Hall–Kier alpha value is -0.180. The summed E-state index contributed by atoms with van der Waals surface area (Å²) in [6, 6.07) is -0.266. The van der Waals surface area contributed by atoms with E-state index in [4.69, 9.17) is 5.73 Å². The Balaban J connectivity index is 2.45. The Morgan fingerprint density at radius 3 is 2.36 bits per heavy atom. The van der Waals surface area contributed by atoms with Crippen molar-refractivity contribution in [3.8, 4) is 0 Å². The molecule has 1 saturated carbocycles. The van der Waals surface area contributed by atoms with Gasteiger partial charge in [0.25, 0.3) is 0 Å². The Morgan fingerprint density at radius 2 is 1.73 bits per heavy atom. The number of halogens is 2. The maximum absolute atomic E-state index is 12.3. The van der Waals surface area contributed by atoms with Crippen molar-refractivity contribution in [2.75, 3.05) is 0 Å². The average molecular weight is 163 g/mol. The Labute approximate surface area is 66.0 Å². The van der Waals surface area contributed by atoms with Gasteiger partial charge in [-0.1, -0.05) is 19.3 Å². The maximum atomic E-state index is 12.3. The Kier molecular flexibility index (Phi) is 3.24. The van der Waals surface area contributed by atoms with Crippen molar-refractivity contribution in [3.63, 3.8) is 0 Å². The standard InChI is InChI=1S/C8H15F2N/c9-8(10)6-4-2-1-3-5-7(6)11/h6-8H,1-5,11H2/t6-,7-/m0/s1. The summed E-state index contributed by atoms with van der Waals surface area (Å²) in [7, 11) is 0. The molecule has 0 bridgehead atoms. The summed E-state index contributed by atoms with van der Waals surface area (Å²) in [5, 5.41) is 0. The summed E-state index contributed by atoms with van der Waals surface area (Å²) in [5.74, 6) is -0.544. The van der Waals surface area contributed by atoms with Crippen molar-refractivity contribution in [3.05, 3.63) is 0 Å². The van der Waals surface area contributed by atoms with E-state index in [9.17, 15) is 8.78 Å². The molecule has 0 heterocycles. The number of rotatable bonds is 1. The van der Waals surface area contributed by atoms with Gasteiger partial charge in [0.2, 0.25) is 6.43 Å². The molecule has 1 nitrogen and oxygen atoms in total. The van der Waals surface area contributed by atoms with Crippen molar-refractivity contribution in [1.82, 2.24) is 0 Å². The zero-order chi connectivity index (χ0) is 8.27. The second kappa shape index (κ2) is 4.00. The van der Waals surface area contributed by atoms with Crippen molar-refractivity contribution < 1.29 is 8.78 Å².